The Kier molecular flexibility index (Phi) is 3.84. The number of aromatic nitrogens is 4. The smallest absolute Gasteiger partial charge is 0.187 e. The number of anilines is 1. The van der Waals surface area contributed by atoms with Gasteiger partial charge in [-0.05, 0) is 62.8 Å². The number of rotatable bonds is 2. The Balaban J connectivity index is 2.12. The third kappa shape index (κ3) is 2.74. The normalized spacial score (nSPS) is 10.8. The van der Waals surface area contributed by atoms with Crippen LogP contribution in [0.2, 0.25) is 10.0 Å². The van der Waals surface area contributed by atoms with Crippen molar-refractivity contribution in [2.45, 2.75) is 0 Å². The number of halogens is 3. The van der Waals surface area contributed by atoms with Gasteiger partial charge in [0.1, 0.15) is 0 Å². The summed E-state index contributed by atoms with van der Waals surface area (Å²) in [6.07, 6.45) is 0. The zero-order valence-electron chi connectivity index (χ0n) is 10.5. The Labute approximate surface area is 138 Å². The van der Waals surface area contributed by atoms with E-state index in [1.807, 2.05) is 12.1 Å². The molecule has 8 heteroatoms. The summed E-state index contributed by atoms with van der Waals surface area (Å²) in [5.41, 5.74) is 8.02. The molecule has 1 heterocycles. The Morgan fingerprint density at radius 1 is 1.05 bits per heavy atom. The monoisotopic (exact) mass is 383 g/mol. The summed E-state index contributed by atoms with van der Waals surface area (Å²) in [6.45, 7) is 0. The first-order valence-corrected chi connectivity index (χ1v) is 7.40. The maximum atomic E-state index is 6.04. The van der Waals surface area contributed by atoms with Gasteiger partial charge in [0.05, 0.1) is 15.7 Å². The summed E-state index contributed by atoms with van der Waals surface area (Å²) in [5, 5.41) is 12.7. The van der Waals surface area contributed by atoms with Crippen LogP contribution in [0.5, 0.6) is 0 Å². The highest BCUT2D eigenvalue weighted by atomic mass is 79.9. The summed E-state index contributed by atoms with van der Waals surface area (Å²) < 4.78 is 2.39. The molecule has 0 amide bonds. The molecule has 0 saturated heterocycles. The average molecular weight is 385 g/mol. The van der Waals surface area contributed by atoms with E-state index in [1.54, 1.807) is 28.9 Å². The van der Waals surface area contributed by atoms with Crippen LogP contribution < -0.4 is 5.73 Å². The molecule has 3 aromatic rings. The number of benzene rings is 2. The molecule has 0 saturated carbocycles. The van der Waals surface area contributed by atoms with E-state index in [0.717, 1.165) is 10.0 Å². The lowest BCUT2D eigenvalue weighted by atomic mass is 10.2. The van der Waals surface area contributed by atoms with Gasteiger partial charge in [-0.3, -0.25) is 0 Å². The average Bonchev–Trinajstić information content (AvgIpc) is 2.94. The van der Waals surface area contributed by atoms with E-state index in [-0.39, 0.29) is 0 Å². The van der Waals surface area contributed by atoms with Crippen LogP contribution in [0.4, 0.5) is 5.69 Å². The van der Waals surface area contributed by atoms with Gasteiger partial charge in [-0.15, -0.1) is 5.10 Å². The van der Waals surface area contributed by atoms with Gasteiger partial charge in [0.2, 0.25) is 0 Å². The van der Waals surface area contributed by atoms with Crippen molar-refractivity contribution < 1.29 is 0 Å². The third-order valence-corrected chi connectivity index (χ3v) is 4.33. The lowest BCUT2D eigenvalue weighted by Crippen LogP contribution is -2.00. The van der Waals surface area contributed by atoms with Gasteiger partial charge in [-0.1, -0.05) is 23.2 Å². The topological polar surface area (TPSA) is 69.6 Å². The molecule has 0 spiro atoms. The maximum Gasteiger partial charge on any atom is 0.187 e. The van der Waals surface area contributed by atoms with E-state index in [9.17, 15) is 0 Å². The Hall–Kier alpha value is -1.63. The van der Waals surface area contributed by atoms with Crippen LogP contribution in [0.1, 0.15) is 0 Å². The quantitative estimate of drug-likeness (QED) is 0.678. The fourth-order valence-electron chi connectivity index (χ4n) is 1.84. The van der Waals surface area contributed by atoms with E-state index in [1.165, 1.54) is 0 Å². The zero-order valence-corrected chi connectivity index (χ0v) is 13.6. The van der Waals surface area contributed by atoms with Crippen molar-refractivity contribution >= 4 is 44.8 Å². The number of hydrogen-bond acceptors (Lipinski definition) is 4. The Bertz CT molecular complexity index is 752. The summed E-state index contributed by atoms with van der Waals surface area (Å²) in [4.78, 5) is 0. The van der Waals surface area contributed by atoms with Gasteiger partial charge in [-0.2, -0.15) is 4.68 Å². The number of nitrogen functional groups attached to an aromatic ring is 1. The fourth-order valence-corrected chi connectivity index (χ4v) is 2.38. The summed E-state index contributed by atoms with van der Waals surface area (Å²) in [7, 11) is 0. The molecule has 0 aliphatic heterocycles. The predicted molar refractivity (Wildman–Crippen MR) is 86.7 cm³/mol. The SMILES string of the molecule is Nc1cc(-c2nnnn2-c2ccc(Cl)c(Cl)c2)ccc1Br. The van der Waals surface area contributed by atoms with Crippen LogP contribution in [0.3, 0.4) is 0 Å². The van der Waals surface area contributed by atoms with Crippen LogP contribution >= 0.6 is 39.1 Å². The molecule has 0 atom stereocenters. The molecule has 1 aromatic heterocycles. The molecule has 0 bridgehead atoms. The first-order chi connectivity index (χ1) is 10.1. The van der Waals surface area contributed by atoms with Crippen LogP contribution in [0.25, 0.3) is 17.1 Å². The largest absolute Gasteiger partial charge is 0.398 e. The predicted octanol–water partition coefficient (Wildman–Crippen LogP) is 3.98. The van der Waals surface area contributed by atoms with E-state index in [0.29, 0.717) is 27.2 Å². The summed E-state index contributed by atoms with van der Waals surface area (Å²) >= 11 is 15.3. The Morgan fingerprint density at radius 3 is 2.57 bits per heavy atom. The minimum atomic E-state index is 0.436. The molecule has 5 nitrogen and oxygen atoms in total. The third-order valence-electron chi connectivity index (χ3n) is 2.87. The van der Waals surface area contributed by atoms with E-state index in [2.05, 4.69) is 31.5 Å². The number of nitrogens with two attached hydrogens (primary N) is 1. The van der Waals surface area contributed by atoms with Crippen molar-refractivity contribution in [2.24, 2.45) is 0 Å². The molecule has 0 aliphatic rings. The molecular formula is C13H8BrCl2N5. The van der Waals surface area contributed by atoms with Gasteiger partial charge in [-0.25, -0.2) is 0 Å². The molecule has 0 radical (unpaired) electrons. The second kappa shape index (κ2) is 5.63. The lowest BCUT2D eigenvalue weighted by Gasteiger charge is -2.07. The van der Waals surface area contributed by atoms with E-state index < -0.39 is 0 Å². The van der Waals surface area contributed by atoms with Gasteiger partial charge in [0.25, 0.3) is 0 Å². The van der Waals surface area contributed by atoms with Crippen molar-refractivity contribution in [2.75, 3.05) is 5.73 Å². The molecule has 3 rings (SSSR count). The van der Waals surface area contributed by atoms with Gasteiger partial charge in [0.15, 0.2) is 5.82 Å². The maximum absolute atomic E-state index is 6.04. The van der Waals surface area contributed by atoms with Crippen molar-refractivity contribution in [3.63, 3.8) is 0 Å². The van der Waals surface area contributed by atoms with Gasteiger partial charge >= 0.3 is 0 Å². The lowest BCUT2D eigenvalue weighted by molar-refractivity contribution is 0.791. The Morgan fingerprint density at radius 2 is 1.86 bits per heavy atom. The minimum Gasteiger partial charge on any atom is -0.398 e. The highest BCUT2D eigenvalue weighted by Crippen LogP contribution is 2.29. The van der Waals surface area contributed by atoms with Crippen molar-refractivity contribution in [3.8, 4) is 17.1 Å². The molecular weight excluding hydrogens is 377 g/mol. The first-order valence-electron chi connectivity index (χ1n) is 5.85. The molecule has 0 fully saturated rings. The molecule has 0 unspecified atom stereocenters. The van der Waals surface area contributed by atoms with E-state index in [4.69, 9.17) is 28.9 Å². The highest BCUT2D eigenvalue weighted by Gasteiger charge is 2.12. The first kappa shape index (κ1) is 14.3. The highest BCUT2D eigenvalue weighted by molar-refractivity contribution is 9.10. The van der Waals surface area contributed by atoms with Crippen molar-refractivity contribution in [1.29, 1.82) is 0 Å². The molecule has 2 aromatic carbocycles. The molecule has 2 N–H and O–H groups in total. The van der Waals surface area contributed by atoms with Crippen molar-refractivity contribution in [1.82, 2.24) is 20.2 Å². The van der Waals surface area contributed by atoms with Gasteiger partial charge < -0.3 is 5.73 Å². The van der Waals surface area contributed by atoms with Gasteiger partial charge in [0, 0.05) is 15.7 Å². The second-order valence-corrected chi connectivity index (χ2v) is 5.92. The number of hydrogen-bond donors (Lipinski definition) is 1. The fraction of sp³-hybridized carbons (Fsp3) is 0. The zero-order chi connectivity index (χ0) is 15.0. The van der Waals surface area contributed by atoms with Crippen molar-refractivity contribution in [3.05, 3.63) is 50.9 Å². The van der Waals surface area contributed by atoms with Crippen LogP contribution in [-0.4, -0.2) is 20.2 Å². The summed E-state index contributed by atoms with van der Waals surface area (Å²) in [5.74, 6) is 0.563. The number of tetrazole rings is 1. The summed E-state index contributed by atoms with van der Waals surface area (Å²) in [6, 6.07) is 10.7. The number of nitrogens with zero attached hydrogens (tertiary/aromatic N) is 4. The van der Waals surface area contributed by atoms with E-state index >= 15 is 0 Å². The standard InChI is InChI=1S/C13H8BrCl2N5/c14-9-3-1-7(5-12(9)17)13-18-19-20-21(13)8-2-4-10(15)11(16)6-8/h1-6H,17H2. The second-order valence-electron chi connectivity index (χ2n) is 4.25. The molecule has 0 aliphatic carbocycles. The van der Waals surface area contributed by atoms with Crippen LogP contribution in [0, 0.1) is 0 Å². The molecule has 21 heavy (non-hydrogen) atoms. The van der Waals surface area contributed by atoms with Crippen LogP contribution in [-0.2, 0) is 0 Å². The molecule has 106 valence electrons. The van der Waals surface area contributed by atoms with Crippen LogP contribution in [0.15, 0.2) is 40.9 Å². The minimum absolute atomic E-state index is 0.436.